The molecule has 0 aromatic heterocycles. The van der Waals surface area contributed by atoms with Crippen LogP contribution in [0.2, 0.25) is 0 Å². The number of hydrogen-bond donors (Lipinski definition) is 2. The van der Waals surface area contributed by atoms with E-state index < -0.39 is 26.8 Å². The quantitative estimate of drug-likeness (QED) is 0.463. The predicted octanol–water partition coefficient (Wildman–Crippen LogP) is 0.796. The van der Waals surface area contributed by atoms with Crippen LogP contribution in [-0.2, 0) is 15.2 Å². The van der Waals surface area contributed by atoms with Gasteiger partial charge in [0.15, 0.2) is 5.79 Å². The first-order chi connectivity index (χ1) is 13.9. The van der Waals surface area contributed by atoms with Crippen LogP contribution in [-0.4, -0.2) is 12.0 Å². The molecule has 7 nitrogen and oxygen atoms in total. The second-order valence-corrected chi connectivity index (χ2v) is 7.51. The van der Waals surface area contributed by atoms with Gasteiger partial charge in [-0.05, 0) is 30.7 Å². The summed E-state index contributed by atoms with van der Waals surface area (Å²) >= 11 is -3.53. The molecule has 1 atom stereocenters. The molecule has 0 aliphatic carbocycles. The lowest BCUT2D eigenvalue weighted by Gasteiger charge is -2.42. The Kier molecular flexibility index (Phi) is 6.89. The van der Waals surface area contributed by atoms with E-state index in [2.05, 4.69) is 5.73 Å². The summed E-state index contributed by atoms with van der Waals surface area (Å²) in [5, 5.41) is 0. The molecule has 1 heterocycles. The number of hydrogen-bond acceptors (Lipinski definition) is 7. The van der Waals surface area contributed by atoms with Crippen molar-refractivity contribution < 1.29 is 31.8 Å². The van der Waals surface area contributed by atoms with Crippen LogP contribution in [0.4, 0.5) is 5.69 Å². The average Bonchev–Trinajstić information content (AvgIpc) is 2.69. The first-order valence-corrected chi connectivity index (χ1v) is 10.8. The van der Waals surface area contributed by atoms with E-state index in [1.165, 1.54) is 11.0 Å². The minimum atomic E-state index is -3.53. The Morgan fingerprint density at radius 3 is 2.52 bits per heavy atom. The van der Waals surface area contributed by atoms with Crippen molar-refractivity contribution in [1.82, 2.24) is 0 Å². The van der Waals surface area contributed by atoms with E-state index in [1.54, 1.807) is 31.2 Å². The van der Waals surface area contributed by atoms with Crippen LogP contribution in [0.1, 0.15) is 18.1 Å². The van der Waals surface area contributed by atoms with Crippen LogP contribution in [0, 0.1) is 14.8 Å². The maximum absolute atomic E-state index is 11.3. The zero-order valence-electron chi connectivity index (χ0n) is 15.8. The summed E-state index contributed by atoms with van der Waals surface area (Å²) in [5.74, 6) is -1.05. The molecule has 0 amide bonds. The van der Waals surface area contributed by atoms with Crippen LogP contribution in [0.15, 0.2) is 78.6 Å². The van der Waals surface area contributed by atoms with E-state index >= 15 is 0 Å². The standard InChI is InChI=1S/C21H22BrN3O4/c1-2-3-13-20(29-22(26)27)25-18-12-8-7-11-17(18)19(14-21(25,23)24)28-15-16-9-5-4-6-10-16/h2,4-14,20H,15,23-24H2,1H3. The monoisotopic (exact) mass is 459 g/mol. The van der Waals surface area contributed by atoms with Gasteiger partial charge in [0, 0.05) is 21.5 Å². The van der Waals surface area contributed by atoms with Crippen molar-refractivity contribution in [3.05, 3.63) is 89.7 Å². The zero-order valence-corrected chi connectivity index (χ0v) is 17.4. The highest BCUT2D eigenvalue weighted by Crippen LogP contribution is 2.38. The number of para-hydroxylation sites is 1. The third-order valence-electron chi connectivity index (χ3n) is 4.27. The topological polar surface area (TPSA) is 120 Å². The van der Waals surface area contributed by atoms with Crippen LogP contribution in [0.25, 0.3) is 5.76 Å². The van der Waals surface area contributed by atoms with Gasteiger partial charge in [-0.3, -0.25) is 16.4 Å². The summed E-state index contributed by atoms with van der Waals surface area (Å²) in [6, 6.07) is 17.0. The maximum Gasteiger partial charge on any atom is 0.439 e. The summed E-state index contributed by atoms with van der Waals surface area (Å²) < 4.78 is 33.7. The number of nitrogens with two attached hydrogens (primary N) is 2. The molecule has 0 bridgehead atoms. The molecule has 2 aromatic rings. The summed E-state index contributed by atoms with van der Waals surface area (Å²) in [6.07, 6.45) is 3.59. The molecule has 1 unspecified atom stereocenters. The first-order valence-electron chi connectivity index (χ1n) is 8.88. The second kappa shape index (κ2) is 9.39. The van der Waals surface area contributed by atoms with Crippen LogP contribution in [0.3, 0.4) is 0 Å². The lowest BCUT2D eigenvalue weighted by Crippen LogP contribution is -2.67. The van der Waals surface area contributed by atoms with Crippen LogP contribution < -0.4 is 24.8 Å². The molecular formula is C21H22BrN3O4. The van der Waals surface area contributed by atoms with Crippen LogP contribution in [0.5, 0.6) is 0 Å². The number of benzene rings is 2. The highest BCUT2D eigenvalue weighted by Gasteiger charge is 2.42. The molecule has 2 aromatic carbocycles. The van der Waals surface area contributed by atoms with Crippen molar-refractivity contribution in [3.63, 3.8) is 0 Å². The molecular weight excluding hydrogens is 438 g/mol. The first kappa shape index (κ1) is 21.3. The van der Waals surface area contributed by atoms with Crippen molar-refractivity contribution >= 4 is 11.4 Å². The third-order valence-corrected chi connectivity index (χ3v) is 4.96. The molecule has 0 saturated carbocycles. The molecule has 0 spiro atoms. The molecule has 1 aliphatic heterocycles. The van der Waals surface area contributed by atoms with Gasteiger partial charge in [-0.25, -0.2) is 0 Å². The number of ether oxygens (including phenoxy) is 1. The van der Waals surface area contributed by atoms with Crippen molar-refractivity contribution in [2.45, 2.75) is 25.5 Å². The number of halogens is 1. The fraction of sp³-hybridized carbons (Fsp3) is 0.190. The Morgan fingerprint density at radius 2 is 1.83 bits per heavy atom. The smallest absolute Gasteiger partial charge is 0.439 e. The molecule has 1 aliphatic rings. The Bertz CT molecular complexity index is 925. The predicted molar refractivity (Wildman–Crippen MR) is 102 cm³/mol. The Hall–Kier alpha value is -2.42. The summed E-state index contributed by atoms with van der Waals surface area (Å²) in [7, 11) is 0. The molecule has 152 valence electrons. The molecule has 0 radical (unpaired) electrons. The van der Waals surface area contributed by atoms with Gasteiger partial charge >= 0.3 is 14.8 Å². The Morgan fingerprint density at radius 1 is 1.14 bits per heavy atom. The van der Waals surface area contributed by atoms with Crippen molar-refractivity contribution in [2.24, 2.45) is 11.5 Å². The number of fused-ring (bicyclic) bond motifs is 1. The van der Waals surface area contributed by atoms with E-state index in [0.29, 0.717) is 18.1 Å². The summed E-state index contributed by atoms with van der Waals surface area (Å²) in [4.78, 5) is 1.48. The lowest BCUT2D eigenvalue weighted by molar-refractivity contribution is -1.63. The highest BCUT2D eigenvalue weighted by molar-refractivity contribution is 5.79. The maximum atomic E-state index is 11.3. The van der Waals surface area contributed by atoms with Gasteiger partial charge in [-0.2, -0.15) is 0 Å². The van der Waals surface area contributed by atoms with Crippen LogP contribution >= 0.6 is 0 Å². The van der Waals surface area contributed by atoms with Gasteiger partial charge in [0.25, 0.3) is 6.23 Å². The van der Waals surface area contributed by atoms with E-state index in [9.17, 15) is 8.40 Å². The Balaban J connectivity index is 1.99. The van der Waals surface area contributed by atoms with E-state index in [4.69, 9.17) is 20.0 Å². The van der Waals surface area contributed by atoms with Gasteiger partial charge < -0.3 is 13.1 Å². The molecule has 29 heavy (non-hydrogen) atoms. The Labute approximate surface area is 175 Å². The van der Waals surface area contributed by atoms with Gasteiger partial charge in [-0.1, -0.05) is 42.5 Å². The second-order valence-electron chi connectivity index (χ2n) is 6.35. The molecule has 0 fully saturated rings. The highest BCUT2D eigenvalue weighted by atomic mass is 80.0. The van der Waals surface area contributed by atoms with Gasteiger partial charge in [-0.15, -0.1) is 5.73 Å². The lowest BCUT2D eigenvalue weighted by atomic mass is 10.0. The minimum absolute atomic E-state index is 0.337. The molecule has 0 saturated heterocycles. The number of anilines is 1. The zero-order chi connectivity index (χ0) is 20.9. The largest absolute Gasteiger partial charge is 0.488 e. The van der Waals surface area contributed by atoms with Gasteiger partial charge in [0.2, 0.25) is 0 Å². The van der Waals surface area contributed by atoms with Gasteiger partial charge in [0.05, 0.1) is 5.69 Å². The average molecular weight is 460 g/mol. The summed E-state index contributed by atoms with van der Waals surface area (Å²) in [5.41, 5.74) is 17.9. The van der Waals surface area contributed by atoms with Crippen molar-refractivity contribution in [1.29, 1.82) is 0 Å². The van der Waals surface area contributed by atoms with E-state index in [1.807, 2.05) is 42.5 Å². The van der Waals surface area contributed by atoms with E-state index in [-0.39, 0.29) is 0 Å². The van der Waals surface area contributed by atoms with Crippen molar-refractivity contribution in [3.8, 4) is 0 Å². The van der Waals surface area contributed by atoms with E-state index in [0.717, 1.165) is 11.1 Å². The third kappa shape index (κ3) is 5.14. The molecule has 3 rings (SSSR count). The van der Waals surface area contributed by atoms with Gasteiger partial charge in [0.1, 0.15) is 12.4 Å². The fourth-order valence-electron chi connectivity index (χ4n) is 3.06. The molecule has 8 heteroatoms. The van der Waals surface area contributed by atoms with Crippen molar-refractivity contribution in [2.75, 3.05) is 4.90 Å². The number of rotatable bonds is 7. The SMILES string of the molecule is CC=C=CC(O[Br+2]([O-])[O-])N1c2ccccc2C(OCc2ccccc2)=CC1(N)N. The normalized spacial score (nSPS) is 15.8. The summed E-state index contributed by atoms with van der Waals surface area (Å²) in [6.45, 7) is 2.09. The molecule has 4 N–H and O–H groups in total. The number of nitrogens with zero attached hydrogens (tertiary/aromatic N) is 1. The fourth-order valence-corrected chi connectivity index (χ4v) is 3.65. The minimum Gasteiger partial charge on any atom is -0.488 e.